The molecule has 3 aliphatic heterocycles. The van der Waals surface area contributed by atoms with E-state index in [9.17, 15) is 38.7 Å². The lowest BCUT2D eigenvalue weighted by molar-refractivity contribution is -0.125. The number of carboxylic acid groups (broad SMARTS) is 1. The number of nitriles is 1. The molecule has 147 heavy (non-hydrogen) atoms. The molecule has 10 aromatic carbocycles. The second kappa shape index (κ2) is 53.5. The molecule has 0 aliphatic carbocycles. The van der Waals surface area contributed by atoms with E-state index in [1.54, 1.807) is 108 Å². The first-order valence-corrected chi connectivity index (χ1v) is 49.2. The quantitative estimate of drug-likeness (QED) is 0.00723. The fraction of sp³-hybridized carbons (Fsp3) is 0.366. The molecule has 35 nitrogen and oxygen atoms in total. The van der Waals surface area contributed by atoms with Crippen molar-refractivity contribution in [3.05, 3.63) is 264 Å². The molecule has 0 unspecified atom stereocenters. The smallest absolute Gasteiger partial charge is 0.338 e. The van der Waals surface area contributed by atoms with Gasteiger partial charge in [-0.05, 0) is 154 Å². The summed E-state index contributed by atoms with van der Waals surface area (Å²) in [6.07, 6.45) is 0.0312. The first-order chi connectivity index (χ1) is 70.3. The van der Waals surface area contributed by atoms with Crippen LogP contribution in [-0.2, 0) is 49.5 Å². The van der Waals surface area contributed by atoms with Crippen LogP contribution < -0.4 is 58.2 Å². The number of amides is 4. The van der Waals surface area contributed by atoms with E-state index in [1.165, 1.54) is 12.1 Å². The molecular weight excluding hydrogens is 1870 g/mol. The van der Waals surface area contributed by atoms with Crippen molar-refractivity contribution in [2.75, 3.05) is 176 Å². The molecule has 35 heteroatoms. The molecule has 6 heterocycles. The van der Waals surface area contributed by atoms with Crippen LogP contribution in [0.4, 0.5) is 49.8 Å². The van der Waals surface area contributed by atoms with Crippen LogP contribution in [0.5, 0.6) is 17.2 Å². The van der Waals surface area contributed by atoms with Gasteiger partial charge in [0.05, 0.1) is 140 Å². The molecule has 3 aromatic heterocycles. The first-order valence-electron chi connectivity index (χ1n) is 49.2. The van der Waals surface area contributed by atoms with Crippen molar-refractivity contribution in [2.45, 2.75) is 127 Å². The van der Waals surface area contributed by atoms with Gasteiger partial charge in [-0.1, -0.05) is 156 Å². The van der Waals surface area contributed by atoms with Gasteiger partial charge in [-0.3, -0.25) is 36.0 Å². The second-order valence-electron chi connectivity index (χ2n) is 38.7. The third-order valence-corrected chi connectivity index (χ3v) is 23.7. The maximum absolute atomic E-state index is 13.3. The number of Topliss-reactive ketones (excluding diaryl/α,β-unsaturated/α-hetero) is 1. The van der Waals surface area contributed by atoms with Crippen molar-refractivity contribution in [3.8, 4) is 40.4 Å². The Kier molecular flexibility index (Phi) is 40.8. The molecule has 778 valence electrons. The number of esters is 3. The number of hydrogen-bond donors (Lipinski definition) is 9. The molecule has 0 spiro atoms. The van der Waals surface area contributed by atoms with E-state index >= 15 is 0 Å². The number of aromatic nitrogens is 6. The fourth-order valence-corrected chi connectivity index (χ4v) is 15.2. The Morgan fingerprint density at radius 1 is 0.395 bits per heavy atom. The van der Waals surface area contributed by atoms with Crippen LogP contribution in [0.1, 0.15) is 169 Å². The number of nitrogens with one attached hydrogen (secondary N) is 5. The predicted molar refractivity (Wildman–Crippen MR) is 575 cm³/mol. The lowest BCUT2D eigenvalue weighted by Gasteiger charge is -2.26. The molecule has 3 fully saturated rings. The average molecular weight is 2010 g/mol. The topological polar surface area (TPSA) is 448 Å². The molecule has 0 radical (unpaired) electrons. The summed E-state index contributed by atoms with van der Waals surface area (Å²) in [5.74, 6) is 7.11. The maximum atomic E-state index is 13.3. The van der Waals surface area contributed by atoms with Gasteiger partial charge >= 0.3 is 35.9 Å². The number of morpholine rings is 3. The number of nitrogen functional groups attached to an aromatic ring is 3. The van der Waals surface area contributed by atoms with Crippen LogP contribution in [0.3, 0.4) is 0 Å². The van der Waals surface area contributed by atoms with Crippen molar-refractivity contribution < 1.29 is 81.3 Å². The van der Waals surface area contributed by atoms with E-state index in [4.69, 9.17) is 75.4 Å². The number of carboxylic acids is 1. The molecule has 13 aromatic rings. The number of nitrogens with two attached hydrogens (primary N) is 3. The molecule has 3 aliphatic rings. The van der Waals surface area contributed by atoms with E-state index in [-0.39, 0.29) is 57.3 Å². The summed E-state index contributed by atoms with van der Waals surface area (Å²) in [5.41, 5.74) is 22.7. The van der Waals surface area contributed by atoms with Crippen LogP contribution in [0.25, 0.3) is 49.4 Å². The summed E-state index contributed by atoms with van der Waals surface area (Å²) in [5, 5.41) is 49.0. The Bertz CT molecular complexity index is 6590. The number of hydrazine groups is 1. The molecule has 12 N–H and O–H groups in total. The lowest BCUT2D eigenvalue weighted by Crippen LogP contribution is -2.38. The highest BCUT2D eigenvalue weighted by molar-refractivity contribution is 6.09. The maximum Gasteiger partial charge on any atom is 0.338 e. The number of rotatable bonds is 28. The lowest BCUT2D eigenvalue weighted by atomic mass is 9.89. The second-order valence-corrected chi connectivity index (χ2v) is 38.7. The summed E-state index contributed by atoms with van der Waals surface area (Å²) in [6.45, 7) is 45.0. The van der Waals surface area contributed by atoms with Crippen molar-refractivity contribution >= 4 is 114 Å². The molecular formula is C112H138N18O17. The zero-order valence-corrected chi connectivity index (χ0v) is 86.6. The van der Waals surface area contributed by atoms with Crippen LogP contribution in [-0.4, -0.2) is 229 Å². The van der Waals surface area contributed by atoms with Gasteiger partial charge in [0.2, 0.25) is 0 Å². The number of nitrogens with zero attached hydrogens (tertiary/aromatic N) is 10. The van der Waals surface area contributed by atoms with Crippen molar-refractivity contribution in [1.29, 1.82) is 5.26 Å². The van der Waals surface area contributed by atoms with Gasteiger partial charge in [0, 0.05) is 142 Å². The highest BCUT2D eigenvalue weighted by Crippen LogP contribution is 2.37. The van der Waals surface area contributed by atoms with E-state index in [0.29, 0.717) is 96.5 Å². The Hall–Kier alpha value is -15.3. The number of aromatic carboxylic acids is 1. The van der Waals surface area contributed by atoms with Crippen LogP contribution in [0, 0.1) is 16.7 Å². The minimum absolute atomic E-state index is 0.00463. The number of hydrogen-bond acceptors (Lipinski definition) is 27. The summed E-state index contributed by atoms with van der Waals surface area (Å²) >= 11 is 0. The normalized spacial score (nSPS) is 13.4. The summed E-state index contributed by atoms with van der Waals surface area (Å²) in [4.78, 5) is 90.7. The number of ether oxygens (including phenoxy) is 9. The number of ketones is 1. The number of urea groups is 2. The van der Waals surface area contributed by atoms with Crippen LogP contribution in [0.2, 0.25) is 0 Å². The van der Waals surface area contributed by atoms with Crippen molar-refractivity contribution in [2.24, 2.45) is 11.3 Å². The van der Waals surface area contributed by atoms with Crippen molar-refractivity contribution in [3.63, 3.8) is 0 Å². The molecule has 0 atom stereocenters. The minimum Gasteiger partial charge on any atom is -0.492 e. The minimum atomic E-state index is -1.01. The molecule has 16 rings (SSSR count). The molecule has 4 amide bonds. The monoisotopic (exact) mass is 2010 g/mol. The highest BCUT2D eigenvalue weighted by Gasteiger charge is 2.28. The van der Waals surface area contributed by atoms with Gasteiger partial charge in [0.25, 0.3) is 0 Å². The molecule has 0 saturated carbocycles. The average Bonchev–Trinajstić information content (AvgIpc) is 1.74. The summed E-state index contributed by atoms with van der Waals surface area (Å²) < 4.78 is 54.2. The Balaban J connectivity index is 0.000000180. The third kappa shape index (κ3) is 32.9. The number of anilines is 7. The third-order valence-electron chi connectivity index (χ3n) is 23.7. The van der Waals surface area contributed by atoms with E-state index < -0.39 is 18.0 Å². The number of fused-ring (bicyclic) bond motifs is 3. The Morgan fingerprint density at radius 3 is 1.03 bits per heavy atom. The Labute approximate surface area is 858 Å². The van der Waals surface area contributed by atoms with Gasteiger partial charge in [-0.25, -0.2) is 42.8 Å². The van der Waals surface area contributed by atoms with Crippen molar-refractivity contribution in [1.82, 2.24) is 44.0 Å². The van der Waals surface area contributed by atoms with Crippen LogP contribution in [0.15, 0.2) is 224 Å². The largest absolute Gasteiger partial charge is 0.492 e. The molecule has 0 bridgehead atoms. The predicted octanol–water partition coefficient (Wildman–Crippen LogP) is 19.0. The number of carbonyl (C=O) groups excluding carboxylic acids is 6. The zero-order chi connectivity index (χ0) is 106. The highest BCUT2D eigenvalue weighted by atomic mass is 16.5. The summed E-state index contributed by atoms with van der Waals surface area (Å²) in [6, 6.07) is 68.7. The molecule has 3 saturated heterocycles. The summed E-state index contributed by atoms with van der Waals surface area (Å²) in [7, 11) is 0. The fourth-order valence-electron chi connectivity index (χ4n) is 15.2. The van der Waals surface area contributed by atoms with Gasteiger partial charge in [-0.2, -0.15) is 20.6 Å². The van der Waals surface area contributed by atoms with E-state index in [0.717, 1.165) is 182 Å². The van der Waals surface area contributed by atoms with E-state index in [2.05, 4.69) is 94.1 Å². The van der Waals surface area contributed by atoms with Gasteiger partial charge in [0.1, 0.15) is 54.5 Å². The zero-order valence-electron chi connectivity index (χ0n) is 86.6. The standard InChI is InChI=1S/C33H39N5O5.C31H35N5O5.C16H21N3O2.C16H20N2O2.C9H12N2O2.C7H11NO/c1-5-42-31(39)23-10-12-24(13-11-23)38-30(22-29(36-38)33(2,3)4)35-32(40)34-27-14-15-28(26-9-7-6-8-25(26)27)43-21-18-37-16-19-41-20-17-37;1-31(2,3)27-20-28(36(34-27)22-10-8-21(9-11-22)29(37)38)33-30(39)32-25-12-13-26(24-7-5-4-6-23(24)25)41-19-16-35-14-17-40-18-15-35;1-5-21-15(20)11-6-8-12(9-7-11)19-14(17)10-13(18-19)16(2,3)4;17-15-5-6-16(14-4-2-1-3-13(14)15)20-12-9-18-7-10-19-11-8-18;1-2-13-9(12)7-3-5-8(11-10)6-4-7;1-7(2,3)6(9)4-5-8/h6-15,22H,5,16-21H2,1-4H3,(H2,34,35,40);4-13,20H,14-19H2,1-3H3,(H,37,38)(H2,32,33,39);6-10H,5,17H2,1-4H3;1-6H,7-12,17H2;3-6,11H,2,10H2,1H3;4H2,1-3H3. The number of carbonyl (C=O) groups is 7. The van der Waals surface area contributed by atoms with Gasteiger partial charge in [-0.15, -0.1) is 0 Å². The van der Waals surface area contributed by atoms with E-state index in [1.807, 2.05) is 181 Å². The number of benzene rings is 10. The van der Waals surface area contributed by atoms with Gasteiger partial charge in [0.15, 0.2) is 5.78 Å². The first kappa shape index (κ1) is 112. The SMILES string of the molecule is CC(C)(C)C(=O)CC#N.CC(C)(C)c1cc(NC(=O)Nc2ccc(OCCN3CCOCC3)c3ccccc23)n(-c2ccc(C(=O)O)cc2)n1.CCOC(=O)c1ccc(-n2nc(C(C)(C)C)cc2N)cc1.CCOC(=O)c1ccc(-n2nc(C(C)(C)C)cc2NC(=O)Nc2ccc(OCCN3CCOCC3)c3ccccc23)cc1.CCOC(=O)c1ccc(NN)cc1.Nc1ccc(OCCN2CCOCC2)c2ccccc12. The van der Waals surface area contributed by atoms with Gasteiger partial charge < -0.3 is 75.3 Å². The Morgan fingerprint density at radius 2 is 0.707 bits per heavy atom. The van der Waals surface area contributed by atoms with Crippen LogP contribution >= 0.6 is 0 Å².